The second-order valence-electron chi connectivity index (χ2n) is 6.72. The molecule has 0 saturated carbocycles. The number of nitrogens with one attached hydrogen (secondary N) is 1. The van der Waals surface area contributed by atoms with Crippen LogP contribution >= 0.6 is 0 Å². The van der Waals surface area contributed by atoms with Gasteiger partial charge in [0.1, 0.15) is 5.75 Å². The predicted molar refractivity (Wildman–Crippen MR) is 107 cm³/mol. The van der Waals surface area contributed by atoms with E-state index in [1.165, 1.54) is 11.3 Å². The number of hydrogen-bond acceptors (Lipinski definition) is 4. The summed E-state index contributed by atoms with van der Waals surface area (Å²) in [7, 11) is 1.60. The van der Waals surface area contributed by atoms with Crippen molar-refractivity contribution in [1.29, 1.82) is 0 Å². The Hall–Kier alpha value is -2.82. The zero-order valence-corrected chi connectivity index (χ0v) is 15.7. The first kappa shape index (κ1) is 19.0. The van der Waals surface area contributed by atoms with Crippen molar-refractivity contribution in [2.24, 2.45) is 0 Å². The summed E-state index contributed by atoms with van der Waals surface area (Å²) < 4.78 is 5.09. The van der Waals surface area contributed by atoms with E-state index in [1.54, 1.807) is 31.4 Å². The number of hydrogen-bond donors (Lipinski definition) is 1. The smallest absolute Gasteiger partial charge is 0.220 e. The van der Waals surface area contributed by atoms with E-state index < -0.39 is 0 Å². The van der Waals surface area contributed by atoms with Gasteiger partial charge in [-0.15, -0.1) is 0 Å². The van der Waals surface area contributed by atoms with Crippen LogP contribution in [0.15, 0.2) is 48.5 Å². The number of nitrogens with zero attached hydrogens (tertiary/aromatic N) is 1. The predicted octanol–water partition coefficient (Wildman–Crippen LogP) is 3.23. The van der Waals surface area contributed by atoms with Crippen LogP contribution < -0.4 is 15.0 Å². The van der Waals surface area contributed by atoms with Gasteiger partial charge >= 0.3 is 0 Å². The Bertz CT molecular complexity index is 786. The minimum absolute atomic E-state index is 0.00464. The lowest BCUT2D eigenvalue weighted by atomic mass is 10.1. The van der Waals surface area contributed by atoms with Gasteiger partial charge < -0.3 is 15.0 Å². The number of anilines is 1. The third-order valence-corrected chi connectivity index (χ3v) is 4.91. The molecule has 0 spiro atoms. The number of benzene rings is 2. The number of carbonyl (C=O) groups excluding carboxylic acids is 2. The normalized spacial score (nSPS) is 12.6. The number of methoxy groups -OCH3 is 1. The van der Waals surface area contributed by atoms with Crippen molar-refractivity contribution in [3.05, 3.63) is 59.7 Å². The monoisotopic (exact) mass is 366 g/mol. The zero-order chi connectivity index (χ0) is 19.1. The van der Waals surface area contributed by atoms with Crippen molar-refractivity contribution >= 4 is 17.4 Å². The van der Waals surface area contributed by atoms with Crippen LogP contribution in [0, 0.1) is 0 Å². The molecule has 1 heterocycles. The van der Waals surface area contributed by atoms with Crippen molar-refractivity contribution in [2.45, 2.75) is 25.7 Å². The molecule has 0 atom stereocenters. The Morgan fingerprint density at radius 3 is 2.63 bits per heavy atom. The second kappa shape index (κ2) is 9.21. The average Bonchev–Trinajstić information content (AvgIpc) is 3.11. The Morgan fingerprint density at radius 1 is 1.07 bits per heavy atom. The number of rotatable bonds is 9. The van der Waals surface area contributed by atoms with Gasteiger partial charge in [-0.05, 0) is 48.7 Å². The molecule has 0 radical (unpaired) electrons. The Balaban J connectivity index is 1.33. The molecule has 0 bridgehead atoms. The van der Waals surface area contributed by atoms with Gasteiger partial charge in [0.25, 0.3) is 0 Å². The van der Waals surface area contributed by atoms with Gasteiger partial charge in [-0.2, -0.15) is 0 Å². The van der Waals surface area contributed by atoms with E-state index in [0.29, 0.717) is 31.4 Å². The molecule has 0 unspecified atom stereocenters. The summed E-state index contributed by atoms with van der Waals surface area (Å²) in [6.45, 7) is 2.44. The molecule has 142 valence electrons. The van der Waals surface area contributed by atoms with Gasteiger partial charge in [-0.25, -0.2) is 0 Å². The summed E-state index contributed by atoms with van der Waals surface area (Å²) in [5.41, 5.74) is 3.31. The van der Waals surface area contributed by atoms with Crippen molar-refractivity contribution < 1.29 is 14.3 Å². The number of ketones is 1. The molecule has 1 N–H and O–H groups in total. The van der Waals surface area contributed by atoms with Gasteiger partial charge in [-0.1, -0.05) is 18.2 Å². The summed E-state index contributed by atoms with van der Waals surface area (Å²) in [6.07, 6.45) is 2.37. The second-order valence-corrected chi connectivity index (χ2v) is 6.72. The maximum atomic E-state index is 12.2. The summed E-state index contributed by atoms with van der Waals surface area (Å²) in [5, 5.41) is 2.96. The molecule has 0 fully saturated rings. The lowest BCUT2D eigenvalue weighted by molar-refractivity contribution is -0.121. The minimum atomic E-state index is 0.00464. The third-order valence-electron chi connectivity index (χ3n) is 4.91. The first-order valence-electron chi connectivity index (χ1n) is 9.44. The molecule has 2 aromatic carbocycles. The fourth-order valence-corrected chi connectivity index (χ4v) is 3.39. The summed E-state index contributed by atoms with van der Waals surface area (Å²) >= 11 is 0. The lowest BCUT2D eigenvalue weighted by Crippen LogP contribution is -2.34. The van der Waals surface area contributed by atoms with Gasteiger partial charge in [0.2, 0.25) is 5.91 Å². The Kier molecular flexibility index (Phi) is 6.47. The Labute approximate surface area is 160 Å². The standard InChI is InChI=1S/C22H26N2O3/c1-27-19-11-9-18(10-12-19)21(25)7-4-8-22(26)23-14-16-24-15-13-17-5-2-3-6-20(17)24/h2-3,5-6,9-12H,4,7-8,13-16H2,1H3,(H,23,26). The van der Waals surface area contributed by atoms with Crippen molar-refractivity contribution in [3.8, 4) is 5.75 Å². The topological polar surface area (TPSA) is 58.6 Å². The van der Waals surface area contributed by atoms with Crippen LogP contribution in [0.4, 0.5) is 5.69 Å². The highest BCUT2D eigenvalue weighted by atomic mass is 16.5. The molecular weight excluding hydrogens is 340 g/mol. The number of ether oxygens (including phenoxy) is 1. The minimum Gasteiger partial charge on any atom is -0.497 e. The summed E-state index contributed by atoms with van der Waals surface area (Å²) in [6, 6.07) is 15.5. The number of carbonyl (C=O) groups is 2. The Morgan fingerprint density at radius 2 is 1.85 bits per heavy atom. The van der Waals surface area contributed by atoms with E-state index >= 15 is 0 Å². The molecule has 27 heavy (non-hydrogen) atoms. The van der Waals surface area contributed by atoms with Gasteiger partial charge in [0, 0.05) is 43.7 Å². The first-order chi connectivity index (χ1) is 13.2. The van der Waals surface area contributed by atoms with Crippen LogP contribution in [0.3, 0.4) is 0 Å². The van der Waals surface area contributed by atoms with Gasteiger partial charge in [0.05, 0.1) is 7.11 Å². The maximum Gasteiger partial charge on any atom is 0.220 e. The highest BCUT2D eigenvalue weighted by Crippen LogP contribution is 2.26. The number of para-hydroxylation sites is 1. The van der Waals surface area contributed by atoms with E-state index in [2.05, 4.69) is 34.5 Å². The molecule has 1 aliphatic heterocycles. The number of fused-ring (bicyclic) bond motifs is 1. The van der Waals surface area contributed by atoms with Crippen molar-refractivity contribution in [2.75, 3.05) is 31.6 Å². The molecule has 3 rings (SSSR count). The maximum absolute atomic E-state index is 12.2. The van der Waals surface area contributed by atoms with Crippen molar-refractivity contribution in [3.63, 3.8) is 0 Å². The average molecular weight is 366 g/mol. The molecular formula is C22H26N2O3. The number of Topliss-reactive ketones (excluding diaryl/α,β-unsaturated/α-hetero) is 1. The molecule has 0 saturated heterocycles. The van der Waals surface area contributed by atoms with Crippen LogP contribution in [0.1, 0.15) is 35.2 Å². The van der Waals surface area contributed by atoms with Crippen LogP contribution in [-0.4, -0.2) is 38.4 Å². The van der Waals surface area contributed by atoms with E-state index in [9.17, 15) is 9.59 Å². The molecule has 2 aromatic rings. The first-order valence-corrected chi connectivity index (χ1v) is 9.44. The molecule has 5 heteroatoms. The fraction of sp³-hybridized carbons (Fsp3) is 0.364. The number of amides is 1. The SMILES string of the molecule is COc1ccc(C(=O)CCCC(=O)NCCN2CCc3ccccc32)cc1. The van der Waals surface area contributed by atoms with E-state index in [-0.39, 0.29) is 11.7 Å². The largest absolute Gasteiger partial charge is 0.497 e. The molecule has 0 aliphatic carbocycles. The third kappa shape index (κ3) is 5.09. The highest BCUT2D eigenvalue weighted by molar-refractivity contribution is 5.96. The fourth-order valence-electron chi connectivity index (χ4n) is 3.39. The summed E-state index contributed by atoms with van der Waals surface area (Å²) in [4.78, 5) is 26.5. The molecule has 1 amide bonds. The van der Waals surface area contributed by atoms with Gasteiger partial charge in [0.15, 0.2) is 5.78 Å². The lowest BCUT2D eigenvalue weighted by Gasteiger charge is -2.19. The van der Waals surface area contributed by atoms with Crippen LogP contribution in [0.2, 0.25) is 0 Å². The van der Waals surface area contributed by atoms with E-state index in [1.807, 2.05) is 0 Å². The zero-order valence-electron chi connectivity index (χ0n) is 15.7. The van der Waals surface area contributed by atoms with Crippen molar-refractivity contribution in [1.82, 2.24) is 5.32 Å². The van der Waals surface area contributed by atoms with E-state index in [0.717, 1.165) is 25.3 Å². The quantitative estimate of drug-likeness (QED) is 0.692. The van der Waals surface area contributed by atoms with Crippen LogP contribution in [0.25, 0.3) is 0 Å². The molecule has 1 aliphatic rings. The molecule has 5 nitrogen and oxygen atoms in total. The van der Waals surface area contributed by atoms with Crippen LogP contribution in [0.5, 0.6) is 5.75 Å². The highest BCUT2D eigenvalue weighted by Gasteiger charge is 2.17. The summed E-state index contributed by atoms with van der Waals surface area (Å²) in [5.74, 6) is 0.788. The van der Waals surface area contributed by atoms with E-state index in [4.69, 9.17) is 4.74 Å². The van der Waals surface area contributed by atoms with Crippen LogP contribution in [-0.2, 0) is 11.2 Å². The molecule has 0 aromatic heterocycles. The van der Waals surface area contributed by atoms with Gasteiger partial charge in [-0.3, -0.25) is 9.59 Å².